The number of benzene rings is 1. The topological polar surface area (TPSA) is 0 Å². The minimum Gasteiger partial charge on any atom is -0.0794 e. The van der Waals surface area contributed by atoms with Crippen LogP contribution >= 0.6 is 0 Å². The first-order chi connectivity index (χ1) is 8.09. The molecule has 1 aromatic rings. The number of allylic oxidation sites excluding steroid dienone is 4. The second-order valence-electron chi connectivity index (χ2n) is 5.34. The van der Waals surface area contributed by atoms with Gasteiger partial charge in [0.15, 0.2) is 0 Å². The van der Waals surface area contributed by atoms with Crippen LogP contribution in [0.15, 0.2) is 53.6 Å². The summed E-state index contributed by atoms with van der Waals surface area (Å²) in [6, 6.07) is 12.4. The van der Waals surface area contributed by atoms with E-state index in [0.717, 1.165) is 0 Å². The van der Waals surface area contributed by atoms with Gasteiger partial charge in [-0.3, -0.25) is 0 Å². The highest BCUT2D eigenvalue weighted by atomic mass is 28.3. The van der Waals surface area contributed by atoms with Crippen molar-refractivity contribution >= 4 is 13.3 Å². The Hall–Kier alpha value is -1.08. The molecule has 0 amide bonds. The standard InChI is InChI=1S/C16H22Si/c1-5-17(4,15-9-7-6-8-10-15)16-12-11-13(2)14(16)3/h6-12,16H,5H2,1-4H3. The molecule has 1 heteroatoms. The highest BCUT2D eigenvalue weighted by molar-refractivity contribution is 6.92. The molecule has 0 aliphatic heterocycles. The van der Waals surface area contributed by atoms with Crippen LogP contribution in [-0.2, 0) is 0 Å². The molecule has 0 N–H and O–H groups in total. The summed E-state index contributed by atoms with van der Waals surface area (Å²) in [6.07, 6.45) is 4.75. The van der Waals surface area contributed by atoms with Crippen molar-refractivity contribution in [2.24, 2.45) is 0 Å². The fraction of sp³-hybridized carbons (Fsp3) is 0.375. The van der Waals surface area contributed by atoms with Gasteiger partial charge in [0, 0.05) is 0 Å². The van der Waals surface area contributed by atoms with Crippen molar-refractivity contribution in [3.63, 3.8) is 0 Å². The summed E-state index contributed by atoms with van der Waals surface area (Å²) in [5.41, 5.74) is 3.75. The molecule has 0 spiro atoms. The Morgan fingerprint density at radius 1 is 1.12 bits per heavy atom. The van der Waals surface area contributed by atoms with Gasteiger partial charge < -0.3 is 0 Å². The maximum atomic E-state index is 2.53. The van der Waals surface area contributed by atoms with Gasteiger partial charge in [-0.25, -0.2) is 0 Å². The molecule has 0 saturated heterocycles. The maximum Gasteiger partial charge on any atom is 0.0942 e. The molecule has 2 rings (SSSR count). The molecule has 0 saturated carbocycles. The summed E-state index contributed by atoms with van der Waals surface area (Å²) in [7, 11) is -1.42. The third-order valence-electron chi connectivity index (χ3n) is 4.48. The summed E-state index contributed by atoms with van der Waals surface area (Å²) in [5, 5.41) is 1.59. The van der Waals surface area contributed by atoms with E-state index >= 15 is 0 Å². The molecule has 2 unspecified atom stereocenters. The zero-order valence-electron chi connectivity index (χ0n) is 11.3. The van der Waals surface area contributed by atoms with Crippen LogP contribution in [0, 0.1) is 0 Å². The number of hydrogen-bond donors (Lipinski definition) is 0. The fourth-order valence-corrected chi connectivity index (χ4v) is 6.74. The van der Waals surface area contributed by atoms with E-state index in [-0.39, 0.29) is 0 Å². The average molecular weight is 242 g/mol. The van der Waals surface area contributed by atoms with Gasteiger partial charge >= 0.3 is 0 Å². The summed E-state index contributed by atoms with van der Waals surface area (Å²) < 4.78 is 0. The Kier molecular flexibility index (Phi) is 3.39. The molecular formula is C16H22Si. The molecule has 0 fully saturated rings. The van der Waals surface area contributed by atoms with E-state index < -0.39 is 8.07 Å². The van der Waals surface area contributed by atoms with E-state index in [1.54, 1.807) is 10.8 Å². The lowest BCUT2D eigenvalue weighted by Crippen LogP contribution is -2.47. The molecule has 1 aliphatic carbocycles. The monoisotopic (exact) mass is 242 g/mol. The second-order valence-corrected chi connectivity index (χ2v) is 10.1. The van der Waals surface area contributed by atoms with Gasteiger partial charge in [-0.15, -0.1) is 0 Å². The van der Waals surface area contributed by atoms with Crippen LogP contribution in [0.1, 0.15) is 20.8 Å². The summed E-state index contributed by atoms with van der Waals surface area (Å²) in [6.45, 7) is 9.43. The molecule has 2 atom stereocenters. The van der Waals surface area contributed by atoms with Crippen molar-refractivity contribution in [1.29, 1.82) is 0 Å². The molecule has 0 nitrogen and oxygen atoms in total. The van der Waals surface area contributed by atoms with Gasteiger partial charge in [-0.2, -0.15) is 0 Å². The van der Waals surface area contributed by atoms with Gasteiger partial charge in [-0.1, -0.05) is 78.3 Å². The lowest BCUT2D eigenvalue weighted by molar-refractivity contribution is 1.12. The largest absolute Gasteiger partial charge is 0.0942 e. The van der Waals surface area contributed by atoms with Crippen LogP contribution < -0.4 is 5.19 Å². The first-order valence-electron chi connectivity index (χ1n) is 6.50. The van der Waals surface area contributed by atoms with Crippen LogP contribution in [-0.4, -0.2) is 8.07 Å². The van der Waals surface area contributed by atoms with E-state index in [1.165, 1.54) is 11.6 Å². The lowest BCUT2D eigenvalue weighted by atomic mass is 10.2. The average Bonchev–Trinajstić information content (AvgIpc) is 2.71. The van der Waals surface area contributed by atoms with Gasteiger partial charge in [0.05, 0.1) is 8.07 Å². The predicted molar refractivity (Wildman–Crippen MR) is 79.4 cm³/mol. The Balaban J connectivity index is 2.43. The number of hydrogen-bond acceptors (Lipinski definition) is 0. The third-order valence-corrected chi connectivity index (χ3v) is 9.60. The quantitative estimate of drug-likeness (QED) is 0.694. The van der Waals surface area contributed by atoms with Crippen molar-refractivity contribution < 1.29 is 0 Å². The summed E-state index contributed by atoms with van der Waals surface area (Å²) in [5.74, 6) is 0. The van der Waals surface area contributed by atoms with Crippen molar-refractivity contribution in [3.8, 4) is 0 Å². The molecule has 0 radical (unpaired) electrons. The molecule has 17 heavy (non-hydrogen) atoms. The van der Waals surface area contributed by atoms with E-state index in [0.29, 0.717) is 5.54 Å². The smallest absolute Gasteiger partial charge is 0.0794 e. The van der Waals surface area contributed by atoms with Crippen LogP contribution in [0.3, 0.4) is 0 Å². The highest BCUT2D eigenvalue weighted by Gasteiger charge is 2.37. The van der Waals surface area contributed by atoms with Gasteiger partial charge in [0.2, 0.25) is 0 Å². The Morgan fingerprint density at radius 2 is 1.76 bits per heavy atom. The van der Waals surface area contributed by atoms with Gasteiger partial charge in [-0.05, 0) is 19.4 Å². The first-order valence-corrected chi connectivity index (χ1v) is 9.29. The SMILES string of the molecule is CC[Si](C)(c1ccccc1)C1C=CC(C)=C1C. The third kappa shape index (κ3) is 2.04. The summed E-state index contributed by atoms with van der Waals surface area (Å²) in [4.78, 5) is 0. The van der Waals surface area contributed by atoms with Crippen LogP contribution in [0.2, 0.25) is 18.1 Å². The zero-order chi connectivity index (χ0) is 12.5. The van der Waals surface area contributed by atoms with E-state index in [2.05, 4.69) is 69.8 Å². The van der Waals surface area contributed by atoms with Gasteiger partial charge in [0.1, 0.15) is 0 Å². The normalized spacial score (nSPS) is 22.9. The molecule has 0 bridgehead atoms. The van der Waals surface area contributed by atoms with E-state index in [1.807, 2.05) is 0 Å². The molecular weight excluding hydrogens is 220 g/mol. The van der Waals surface area contributed by atoms with Crippen molar-refractivity contribution in [2.45, 2.75) is 38.9 Å². The van der Waals surface area contributed by atoms with E-state index in [4.69, 9.17) is 0 Å². The van der Waals surface area contributed by atoms with Crippen molar-refractivity contribution in [2.75, 3.05) is 0 Å². The number of rotatable bonds is 3. The minimum absolute atomic E-state index is 0.690. The highest BCUT2D eigenvalue weighted by Crippen LogP contribution is 2.39. The second kappa shape index (κ2) is 4.65. The van der Waals surface area contributed by atoms with Crippen LogP contribution in [0.4, 0.5) is 0 Å². The predicted octanol–water partition coefficient (Wildman–Crippen LogP) is 4.27. The first kappa shape index (κ1) is 12.4. The molecule has 90 valence electrons. The Labute approximate surface area is 106 Å². The van der Waals surface area contributed by atoms with Crippen molar-refractivity contribution in [3.05, 3.63) is 53.6 Å². The molecule has 0 aromatic heterocycles. The molecule has 0 heterocycles. The minimum atomic E-state index is -1.42. The van der Waals surface area contributed by atoms with Gasteiger partial charge in [0.25, 0.3) is 0 Å². The van der Waals surface area contributed by atoms with Crippen molar-refractivity contribution in [1.82, 2.24) is 0 Å². The Morgan fingerprint density at radius 3 is 2.24 bits per heavy atom. The fourth-order valence-electron chi connectivity index (χ4n) is 2.87. The lowest BCUT2D eigenvalue weighted by Gasteiger charge is -2.33. The molecule has 1 aliphatic rings. The summed E-state index contributed by atoms with van der Waals surface area (Å²) >= 11 is 0. The van der Waals surface area contributed by atoms with Crippen LogP contribution in [0.25, 0.3) is 0 Å². The van der Waals surface area contributed by atoms with Crippen LogP contribution in [0.5, 0.6) is 0 Å². The molecule has 1 aromatic carbocycles. The maximum absolute atomic E-state index is 2.53. The Bertz CT molecular complexity index is 456. The zero-order valence-corrected chi connectivity index (χ0v) is 12.3. The van der Waals surface area contributed by atoms with E-state index in [9.17, 15) is 0 Å².